The summed E-state index contributed by atoms with van der Waals surface area (Å²) >= 11 is 6.39. The molecule has 0 unspecified atom stereocenters. The first-order valence-corrected chi connectivity index (χ1v) is 10.5. The van der Waals surface area contributed by atoms with E-state index in [0.717, 1.165) is 10.1 Å². The number of anilines is 1. The zero-order chi connectivity index (χ0) is 24.6. The minimum absolute atomic E-state index is 0.190. The molecule has 1 amide bonds. The summed E-state index contributed by atoms with van der Waals surface area (Å²) in [7, 11) is 3.19. The van der Waals surface area contributed by atoms with Crippen molar-refractivity contribution in [3.63, 3.8) is 0 Å². The van der Waals surface area contributed by atoms with Gasteiger partial charge in [-0.1, -0.05) is 29.7 Å². The van der Waals surface area contributed by atoms with Crippen LogP contribution in [0.15, 0.2) is 52.4 Å². The number of hydrogen-bond donors (Lipinski definition) is 2. The van der Waals surface area contributed by atoms with Crippen LogP contribution in [0.4, 0.5) is 10.1 Å². The largest absolute Gasteiger partial charge is 0.501 e. The van der Waals surface area contributed by atoms with Crippen LogP contribution in [-0.4, -0.2) is 35.5 Å². The maximum absolute atomic E-state index is 13.8. The summed E-state index contributed by atoms with van der Waals surface area (Å²) in [6, 6.07) is 4.05. The number of carbonyl (C=O) groups is 1. The van der Waals surface area contributed by atoms with E-state index in [4.69, 9.17) is 11.6 Å². The zero-order valence-electron chi connectivity index (χ0n) is 18.4. The number of rotatable bonds is 6. The lowest BCUT2D eigenvalue weighted by Crippen LogP contribution is -2.29. The molecule has 4 aromatic rings. The Kier molecular flexibility index (Phi) is 6.20. The Morgan fingerprint density at radius 1 is 1.29 bits per heavy atom. The molecule has 3 aromatic heterocycles. The van der Waals surface area contributed by atoms with Crippen LogP contribution in [0.2, 0.25) is 5.02 Å². The van der Waals surface area contributed by atoms with Crippen molar-refractivity contribution in [2.45, 2.75) is 18.8 Å². The molecular formula is C22H20ClFN6O4. The van der Waals surface area contributed by atoms with E-state index in [0.29, 0.717) is 5.56 Å². The van der Waals surface area contributed by atoms with Crippen molar-refractivity contribution in [2.75, 3.05) is 5.32 Å². The van der Waals surface area contributed by atoms with Crippen LogP contribution >= 0.6 is 11.6 Å². The van der Waals surface area contributed by atoms with Gasteiger partial charge in [0.25, 0.3) is 11.5 Å². The van der Waals surface area contributed by atoms with E-state index in [-0.39, 0.29) is 16.5 Å². The number of halogens is 2. The normalized spacial score (nSPS) is 13.0. The van der Waals surface area contributed by atoms with Gasteiger partial charge in [0, 0.05) is 37.2 Å². The van der Waals surface area contributed by atoms with Gasteiger partial charge in [-0.2, -0.15) is 5.10 Å². The Balaban J connectivity index is 1.84. The molecule has 0 saturated carbocycles. The lowest BCUT2D eigenvalue weighted by atomic mass is 9.82. The maximum Gasteiger partial charge on any atom is 0.296 e. The summed E-state index contributed by atoms with van der Waals surface area (Å²) in [5, 5.41) is 20.7. The molecule has 12 heteroatoms. The lowest BCUT2D eigenvalue weighted by molar-refractivity contribution is 0.101. The fourth-order valence-corrected chi connectivity index (χ4v) is 4.16. The smallest absolute Gasteiger partial charge is 0.296 e. The number of aromatic nitrogens is 5. The van der Waals surface area contributed by atoms with Gasteiger partial charge in [-0.15, -0.1) is 0 Å². The first-order valence-electron chi connectivity index (χ1n) is 10.1. The molecule has 0 aliphatic heterocycles. The summed E-state index contributed by atoms with van der Waals surface area (Å²) in [5.41, 5.74) is 0.291. The first kappa shape index (κ1) is 23.2. The van der Waals surface area contributed by atoms with Gasteiger partial charge in [-0.3, -0.25) is 18.8 Å². The number of aryl methyl sites for hydroxylation is 1. The molecule has 0 fully saturated rings. The fraction of sp³-hybridized carbons (Fsp3) is 0.227. The van der Waals surface area contributed by atoms with Crippen molar-refractivity contribution in [2.24, 2.45) is 14.1 Å². The summed E-state index contributed by atoms with van der Waals surface area (Å²) in [5.74, 6) is -2.96. The highest BCUT2D eigenvalue weighted by Gasteiger charge is 2.31. The molecule has 0 bridgehead atoms. The van der Waals surface area contributed by atoms with E-state index < -0.39 is 40.6 Å². The predicted octanol–water partition coefficient (Wildman–Crippen LogP) is 3.19. The van der Waals surface area contributed by atoms with Crippen LogP contribution in [0.25, 0.3) is 0 Å². The van der Waals surface area contributed by atoms with Crippen LogP contribution in [0.1, 0.15) is 46.2 Å². The van der Waals surface area contributed by atoms with Gasteiger partial charge in [0.05, 0.1) is 12.4 Å². The molecular weight excluding hydrogens is 467 g/mol. The van der Waals surface area contributed by atoms with Crippen molar-refractivity contribution in [3.8, 4) is 5.75 Å². The SMILES string of the molecule is C[C@@H](c1nc(C(=O)Nc2cnoc2)c(O)c(=O)n1C)[C@@H](c1cnn(C)c1)c1ccc(F)cc1Cl. The summed E-state index contributed by atoms with van der Waals surface area (Å²) in [4.78, 5) is 29.9. The van der Waals surface area contributed by atoms with E-state index in [1.54, 1.807) is 37.1 Å². The number of carbonyl (C=O) groups excluding carboxylic acids is 1. The standard InChI is InChI=1S/C22H20ClFN6O4/c1-11(17(12-7-25-29(2)9-12)15-5-4-13(24)6-16(15)23)20-28-18(19(31)22(33)30(20)3)21(32)27-14-8-26-34-10-14/h4-11,17,31H,1-3H3,(H,27,32)/t11-,17+/m1/s1. The van der Waals surface area contributed by atoms with Gasteiger partial charge in [0.15, 0.2) is 5.69 Å². The molecule has 34 heavy (non-hydrogen) atoms. The number of hydrogen-bond acceptors (Lipinski definition) is 7. The molecule has 0 radical (unpaired) electrons. The van der Waals surface area contributed by atoms with Crippen LogP contribution in [0, 0.1) is 5.82 Å². The molecule has 176 valence electrons. The summed E-state index contributed by atoms with van der Waals surface area (Å²) in [6.07, 6.45) is 5.86. The van der Waals surface area contributed by atoms with Crippen molar-refractivity contribution in [1.82, 2.24) is 24.5 Å². The van der Waals surface area contributed by atoms with Crippen LogP contribution in [0.3, 0.4) is 0 Å². The third kappa shape index (κ3) is 4.29. The second-order valence-corrected chi connectivity index (χ2v) is 8.19. The Morgan fingerprint density at radius 2 is 2.06 bits per heavy atom. The molecule has 0 aliphatic rings. The van der Waals surface area contributed by atoms with Crippen molar-refractivity contribution < 1.29 is 18.8 Å². The monoisotopic (exact) mass is 486 g/mol. The van der Waals surface area contributed by atoms with Crippen LogP contribution in [0.5, 0.6) is 5.75 Å². The van der Waals surface area contributed by atoms with Gasteiger partial charge in [0.1, 0.15) is 23.6 Å². The number of aromatic hydroxyl groups is 1. The third-order valence-electron chi connectivity index (χ3n) is 5.50. The van der Waals surface area contributed by atoms with Gasteiger partial charge >= 0.3 is 0 Å². The van der Waals surface area contributed by atoms with Gasteiger partial charge < -0.3 is 14.9 Å². The molecule has 3 heterocycles. The van der Waals surface area contributed by atoms with Crippen molar-refractivity contribution >= 4 is 23.2 Å². The van der Waals surface area contributed by atoms with Gasteiger partial charge in [0.2, 0.25) is 5.75 Å². The van der Waals surface area contributed by atoms with Crippen LogP contribution in [-0.2, 0) is 14.1 Å². The number of nitrogens with one attached hydrogen (secondary N) is 1. The molecule has 0 spiro atoms. The number of benzene rings is 1. The van der Waals surface area contributed by atoms with E-state index >= 15 is 0 Å². The van der Waals surface area contributed by atoms with E-state index in [2.05, 4.69) is 25.1 Å². The van der Waals surface area contributed by atoms with E-state index in [9.17, 15) is 19.1 Å². The minimum atomic E-state index is -0.815. The highest BCUT2D eigenvalue weighted by molar-refractivity contribution is 6.31. The van der Waals surface area contributed by atoms with Gasteiger partial charge in [-0.25, -0.2) is 9.37 Å². The first-order chi connectivity index (χ1) is 16.2. The molecule has 4 rings (SSSR count). The zero-order valence-corrected chi connectivity index (χ0v) is 19.1. The molecule has 2 atom stereocenters. The van der Waals surface area contributed by atoms with E-state index in [1.807, 2.05) is 0 Å². The second-order valence-electron chi connectivity index (χ2n) is 7.78. The van der Waals surface area contributed by atoms with Crippen LogP contribution < -0.4 is 10.9 Å². The van der Waals surface area contributed by atoms with Crippen molar-refractivity contribution in [1.29, 1.82) is 0 Å². The van der Waals surface area contributed by atoms with E-state index in [1.165, 1.54) is 31.6 Å². The minimum Gasteiger partial charge on any atom is -0.501 e. The molecule has 10 nitrogen and oxygen atoms in total. The van der Waals surface area contributed by atoms with Crippen molar-refractivity contribution in [3.05, 3.63) is 86.9 Å². The predicted molar refractivity (Wildman–Crippen MR) is 120 cm³/mol. The average Bonchev–Trinajstić information content (AvgIpc) is 3.45. The molecule has 1 aromatic carbocycles. The summed E-state index contributed by atoms with van der Waals surface area (Å²) < 4.78 is 21.2. The topological polar surface area (TPSA) is 128 Å². The highest BCUT2D eigenvalue weighted by atomic mass is 35.5. The maximum atomic E-state index is 13.8. The average molecular weight is 487 g/mol. The quantitative estimate of drug-likeness (QED) is 0.428. The third-order valence-corrected chi connectivity index (χ3v) is 5.82. The molecule has 2 N–H and O–H groups in total. The summed E-state index contributed by atoms with van der Waals surface area (Å²) in [6.45, 7) is 1.79. The second kappa shape index (κ2) is 9.10. The fourth-order valence-electron chi connectivity index (χ4n) is 3.87. The Morgan fingerprint density at radius 3 is 2.68 bits per heavy atom. The highest BCUT2D eigenvalue weighted by Crippen LogP contribution is 2.40. The molecule has 0 saturated heterocycles. The molecule has 0 aliphatic carbocycles. The Bertz CT molecular complexity index is 1420. The Labute approximate surface area is 197 Å². The lowest BCUT2D eigenvalue weighted by Gasteiger charge is -2.26. The number of nitrogens with zero attached hydrogens (tertiary/aromatic N) is 5. The number of amides is 1. The van der Waals surface area contributed by atoms with Gasteiger partial charge in [-0.05, 0) is 23.3 Å². The Hall–Kier alpha value is -3.99.